The van der Waals surface area contributed by atoms with Crippen molar-refractivity contribution in [3.05, 3.63) is 23.5 Å². The van der Waals surface area contributed by atoms with E-state index in [9.17, 15) is 9.59 Å². The topological polar surface area (TPSA) is 43.4 Å². The molecule has 0 atom stereocenters. The fraction of sp³-hybridized carbons (Fsp3) is 0.400. The van der Waals surface area contributed by atoms with Gasteiger partial charge < -0.3 is 4.74 Å². The number of hydrogen-bond donors (Lipinski definition) is 0. The first-order chi connectivity index (χ1) is 6.07. The van der Waals surface area contributed by atoms with Gasteiger partial charge in [0.05, 0.1) is 7.11 Å². The summed E-state index contributed by atoms with van der Waals surface area (Å²) < 4.78 is 4.91. The summed E-state index contributed by atoms with van der Waals surface area (Å²) in [5.74, 6) is -0.170. The number of rotatable bonds is 2. The Labute approximate surface area is 77.1 Å². The molecule has 1 aliphatic rings. The molecule has 1 rings (SSSR count). The van der Waals surface area contributed by atoms with E-state index in [1.54, 1.807) is 0 Å². The average Bonchev–Trinajstić information content (AvgIpc) is 2.07. The first kappa shape index (κ1) is 9.71. The van der Waals surface area contributed by atoms with E-state index >= 15 is 0 Å². The highest BCUT2D eigenvalue weighted by Crippen LogP contribution is 2.21. The molecule has 3 heteroatoms. The summed E-state index contributed by atoms with van der Waals surface area (Å²) in [6.07, 6.45) is 2.53. The van der Waals surface area contributed by atoms with Crippen molar-refractivity contribution in [3.63, 3.8) is 0 Å². The van der Waals surface area contributed by atoms with Crippen LogP contribution in [-0.2, 0) is 14.3 Å². The van der Waals surface area contributed by atoms with Crippen LogP contribution in [0, 0.1) is 5.92 Å². The predicted octanol–water partition coefficient (Wildman–Crippen LogP) is 1.25. The number of allylic oxidation sites excluding steroid dienone is 3. The Balaban J connectivity index is 3.19. The highest BCUT2D eigenvalue weighted by molar-refractivity contribution is 6.19. The van der Waals surface area contributed by atoms with Crippen LogP contribution in [0.1, 0.15) is 13.8 Å². The van der Waals surface area contributed by atoms with E-state index in [0.29, 0.717) is 5.57 Å². The molecule has 0 fully saturated rings. The molecule has 0 aromatic carbocycles. The maximum Gasteiger partial charge on any atom is 0.220 e. The minimum Gasteiger partial charge on any atom is -0.492 e. The van der Waals surface area contributed by atoms with Crippen molar-refractivity contribution in [2.75, 3.05) is 7.11 Å². The Bertz CT molecular complexity index is 308. The Morgan fingerprint density at radius 1 is 1.15 bits per heavy atom. The molecule has 0 aromatic heterocycles. The lowest BCUT2D eigenvalue weighted by Crippen LogP contribution is -2.19. The van der Waals surface area contributed by atoms with Gasteiger partial charge in [0.15, 0.2) is 11.5 Å². The summed E-state index contributed by atoms with van der Waals surface area (Å²) in [5.41, 5.74) is 0.468. The molecule has 1 aliphatic carbocycles. The van der Waals surface area contributed by atoms with Crippen molar-refractivity contribution in [2.24, 2.45) is 5.92 Å². The van der Waals surface area contributed by atoms with E-state index in [1.807, 2.05) is 13.8 Å². The van der Waals surface area contributed by atoms with Crippen molar-refractivity contribution < 1.29 is 14.3 Å². The first-order valence-corrected chi connectivity index (χ1v) is 4.12. The zero-order valence-electron chi connectivity index (χ0n) is 7.96. The van der Waals surface area contributed by atoms with Crippen LogP contribution in [0.15, 0.2) is 23.5 Å². The molecule has 0 saturated carbocycles. The summed E-state index contributed by atoms with van der Waals surface area (Å²) in [5, 5.41) is 0. The Morgan fingerprint density at radius 2 is 1.69 bits per heavy atom. The van der Waals surface area contributed by atoms with Crippen LogP contribution in [0.5, 0.6) is 0 Å². The third kappa shape index (κ3) is 1.69. The molecule has 0 N–H and O–H groups in total. The Morgan fingerprint density at radius 3 is 2.08 bits per heavy atom. The molecule has 0 heterocycles. The molecule has 0 aliphatic heterocycles. The van der Waals surface area contributed by atoms with E-state index < -0.39 is 0 Å². The molecule has 0 saturated heterocycles. The SMILES string of the molecule is COC1=C(C(C)C)C(=O)C=CC1=O. The lowest BCUT2D eigenvalue weighted by Gasteiger charge is -2.15. The number of carbonyl (C=O) groups excluding carboxylic acids is 2. The van der Waals surface area contributed by atoms with Gasteiger partial charge in [0, 0.05) is 5.57 Å². The molecule has 13 heavy (non-hydrogen) atoms. The molecular weight excluding hydrogens is 168 g/mol. The quantitative estimate of drug-likeness (QED) is 0.601. The summed E-state index contributed by atoms with van der Waals surface area (Å²) >= 11 is 0. The van der Waals surface area contributed by atoms with Crippen LogP contribution < -0.4 is 0 Å². The highest BCUT2D eigenvalue weighted by Gasteiger charge is 2.25. The second-order valence-electron chi connectivity index (χ2n) is 3.16. The molecule has 0 amide bonds. The van der Waals surface area contributed by atoms with Gasteiger partial charge in [-0.25, -0.2) is 0 Å². The van der Waals surface area contributed by atoms with E-state index in [-0.39, 0.29) is 23.2 Å². The van der Waals surface area contributed by atoms with Gasteiger partial charge in [-0.1, -0.05) is 13.8 Å². The minimum absolute atomic E-state index is 0.0105. The van der Waals surface area contributed by atoms with E-state index in [4.69, 9.17) is 4.74 Å². The summed E-state index contributed by atoms with van der Waals surface area (Å²) in [4.78, 5) is 22.6. The highest BCUT2D eigenvalue weighted by atomic mass is 16.5. The fourth-order valence-electron chi connectivity index (χ4n) is 1.32. The van der Waals surface area contributed by atoms with Crippen LogP contribution >= 0.6 is 0 Å². The van der Waals surface area contributed by atoms with Crippen LogP contribution in [-0.4, -0.2) is 18.7 Å². The second-order valence-corrected chi connectivity index (χ2v) is 3.16. The number of methoxy groups -OCH3 is 1. The van der Waals surface area contributed by atoms with Gasteiger partial charge >= 0.3 is 0 Å². The second kappa shape index (κ2) is 3.56. The zero-order chi connectivity index (χ0) is 10.0. The van der Waals surface area contributed by atoms with Crippen molar-refractivity contribution in [3.8, 4) is 0 Å². The maximum absolute atomic E-state index is 11.4. The van der Waals surface area contributed by atoms with Gasteiger partial charge in [0.1, 0.15) is 0 Å². The molecule has 0 spiro atoms. The summed E-state index contributed by atoms with van der Waals surface area (Å²) in [7, 11) is 1.40. The number of ketones is 2. The third-order valence-electron chi connectivity index (χ3n) is 1.90. The van der Waals surface area contributed by atoms with Gasteiger partial charge in [-0.15, -0.1) is 0 Å². The Kier molecular flexibility index (Phi) is 2.66. The molecule has 70 valence electrons. The van der Waals surface area contributed by atoms with Gasteiger partial charge in [-0.3, -0.25) is 9.59 Å². The lowest BCUT2D eigenvalue weighted by molar-refractivity contribution is -0.117. The fourth-order valence-corrected chi connectivity index (χ4v) is 1.32. The standard InChI is InChI=1S/C10H12O3/c1-6(2)9-7(11)4-5-8(12)10(9)13-3/h4-6H,1-3H3. The minimum atomic E-state index is -0.231. The van der Waals surface area contributed by atoms with Crippen LogP contribution in [0.3, 0.4) is 0 Å². The molecule has 0 aromatic rings. The van der Waals surface area contributed by atoms with Gasteiger partial charge in [0.2, 0.25) is 5.78 Å². The van der Waals surface area contributed by atoms with E-state index in [2.05, 4.69) is 0 Å². The van der Waals surface area contributed by atoms with E-state index in [0.717, 1.165) is 0 Å². The summed E-state index contributed by atoms with van der Waals surface area (Å²) in [6.45, 7) is 3.72. The van der Waals surface area contributed by atoms with Crippen molar-refractivity contribution in [1.29, 1.82) is 0 Å². The van der Waals surface area contributed by atoms with Crippen molar-refractivity contribution in [2.45, 2.75) is 13.8 Å². The largest absolute Gasteiger partial charge is 0.492 e. The normalized spacial score (nSPS) is 17.2. The molecule has 0 unspecified atom stereocenters. The maximum atomic E-state index is 11.4. The molecule has 0 bridgehead atoms. The monoisotopic (exact) mass is 180 g/mol. The van der Waals surface area contributed by atoms with Gasteiger partial charge in [-0.2, -0.15) is 0 Å². The predicted molar refractivity (Wildman–Crippen MR) is 48.0 cm³/mol. The number of ether oxygens (including phenoxy) is 1. The van der Waals surface area contributed by atoms with Crippen molar-refractivity contribution >= 4 is 11.6 Å². The van der Waals surface area contributed by atoms with Crippen LogP contribution in [0.25, 0.3) is 0 Å². The first-order valence-electron chi connectivity index (χ1n) is 4.12. The molecule has 3 nitrogen and oxygen atoms in total. The Hall–Kier alpha value is -1.38. The van der Waals surface area contributed by atoms with E-state index in [1.165, 1.54) is 19.3 Å². The average molecular weight is 180 g/mol. The van der Waals surface area contributed by atoms with Gasteiger partial charge in [0.25, 0.3) is 0 Å². The van der Waals surface area contributed by atoms with Crippen LogP contribution in [0.2, 0.25) is 0 Å². The summed E-state index contributed by atoms with van der Waals surface area (Å²) in [6, 6.07) is 0. The molecular formula is C10H12O3. The van der Waals surface area contributed by atoms with Gasteiger partial charge in [-0.05, 0) is 18.1 Å². The lowest BCUT2D eigenvalue weighted by atomic mass is 9.92. The van der Waals surface area contributed by atoms with Crippen molar-refractivity contribution in [1.82, 2.24) is 0 Å². The third-order valence-corrected chi connectivity index (χ3v) is 1.90. The number of hydrogen-bond acceptors (Lipinski definition) is 3. The number of carbonyl (C=O) groups is 2. The molecule has 0 radical (unpaired) electrons. The smallest absolute Gasteiger partial charge is 0.220 e. The van der Waals surface area contributed by atoms with Crippen LogP contribution in [0.4, 0.5) is 0 Å². The zero-order valence-corrected chi connectivity index (χ0v) is 7.96.